The molecule has 108 valence electrons. The molecule has 7 rings (SSSR count). The number of nitrogens with zero attached hydrogens (tertiary/aromatic N) is 1. The molecule has 2 aliphatic heterocycles. The molecule has 0 radical (unpaired) electrons. The molecule has 3 heteroatoms. The maximum atomic E-state index is 12.9. The minimum atomic E-state index is -1.00. The third-order valence-electron chi connectivity index (χ3n) is 7.28. The predicted octanol–water partition coefficient (Wildman–Crippen LogP) is 2.35. The Morgan fingerprint density at radius 3 is 2.81 bits per heavy atom. The molecule has 0 spiro atoms. The molecule has 1 saturated heterocycles. The van der Waals surface area contributed by atoms with Crippen LogP contribution in [0, 0.1) is 29.6 Å². The van der Waals surface area contributed by atoms with Crippen molar-refractivity contribution in [3.05, 3.63) is 35.4 Å². The smallest absolute Gasteiger partial charge is 0.257 e. The lowest BCUT2D eigenvalue weighted by Crippen LogP contribution is -2.52. The molecule has 6 bridgehead atoms. The summed E-state index contributed by atoms with van der Waals surface area (Å²) in [5, 5.41) is 11.7. The van der Waals surface area contributed by atoms with E-state index in [-0.39, 0.29) is 11.8 Å². The summed E-state index contributed by atoms with van der Waals surface area (Å²) < 4.78 is 0. The van der Waals surface area contributed by atoms with Crippen molar-refractivity contribution in [3.8, 4) is 0 Å². The van der Waals surface area contributed by atoms with Gasteiger partial charge in [0.2, 0.25) is 0 Å². The number of carbonyl (C=O) groups is 1. The van der Waals surface area contributed by atoms with Crippen LogP contribution in [0.2, 0.25) is 0 Å². The zero-order chi connectivity index (χ0) is 13.9. The van der Waals surface area contributed by atoms with Gasteiger partial charge in [0.25, 0.3) is 5.91 Å². The fourth-order valence-electron chi connectivity index (χ4n) is 7.02. The predicted molar refractivity (Wildman–Crippen MR) is 76.2 cm³/mol. The van der Waals surface area contributed by atoms with Gasteiger partial charge < -0.3 is 10.0 Å². The molecular weight excluding hydrogens is 262 g/mol. The summed E-state index contributed by atoms with van der Waals surface area (Å²) in [7, 11) is 0. The molecule has 1 amide bonds. The number of aliphatic hydroxyl groups is 1. The largest absolute Gasteiger partial charge is 0.366 e. The Bertz CT molecular complexity index is 686. The van der Waals surface area contributed by atoms with Gasteiger partial charge in [-0.25, -0.2) is 0 Å². The van der Waals surface area contributed by atoms with Crippen LogP contribution < -0.4 is 0 Å². The molecule has 1 aromatic carbocycles. The number of carbonyl (C=O) groups excluding carboxylic acids is 1. The van der Waals surface area contributed by atoms with Crippen molar-refractivity contribution in [2.45, 2.75) is 37.5 Å². The minimum absolute atomic E-state index is 0.0802. The molecule has 5 fully saturated rings. The minimum Gasteiger partial charge on any atom is -0.366 e. The lowest BCUT2D eigenvalue weighted by Gasteiger charge is -2.54. The van der Waals surface area contributed by atoms with Crippen molar-refractivity contribution in [1.29, 1.82) is 0 Å². The molecular formula is C18H19NO2. The Labute approximate surface area is 123 Å². The van der Waals surface area contributed by atoms with Gasteiger partial charge in [0.1, 0.15) is 0 Å². The van der Waals surface area contributed by atoms with E-state index in [1.165, 1.54) is 25.7 Å². The molecule has 21 heavy (non-hydrogen) atoms. The van der Waals surface area contributed by atoms with Gasteiger partial charge in [-0.1, -0.05) is 18.2 Å². The average Bonchev–Trinajstić information content (AvgIpc) is 2.84. The van der Waals surface area contributed by atoms with Gasteiger partial charge in [-0.2, -0.15) is 0 Å². The van der Waals surface area contributed by atoms with E-state index < -0.39 is 5.72 Å². The van der Waals surface area contributed by atoms with E-state index in [2.05, 4.69) is 0 Å². The lowest BCUT2D eigenvalue weighted by atomic mass is 9.50. The second-order valence-corrected chi connectivity index (χ2v) is 7.96. The molecule has 3 nitrogen and oxygen atoms in total. The lowest BCUT2D eigenvalue weighted by molar-refractivity contribution is -0.119. The highest BCUT2D eigenvalue weighted by atomic mass is 16.3. The van der Waals surface area contributed by atoms with E-state index in [1.807, 2.05) is 29.2 Å². The van der Waals surface area contributed by atoms with Crippen molar-refractivity contribution < 1.29 is 9.90 Å². The first-order valence-electron chi connectivity index (χ1n) is 8.35. The van der Waals surface area contributed by atoms with E-state index in [1.54, 1.807) is 0 Å². The second-order valence-electron chi connectivity index (χ2n) is 7.96. The summed E-state index contributed by atoms with van der Waals surface area (Å²) in [6.45, 7) is 0. The van der Waals surface area contributed by atoms with Crippen LogP contribution in [-0.4, -0.2) is 22.0 Å². The number of benzene rings is 1. The second kappa shape index (κ2) is 3.19. The number of hydrogen-bond donors (Lipinski definition) is 1. The van der Waals surface area contributed by atoms with Gasteiger partial charge in [0.05, 0.1) is 0 Å². The number of rotatable bonds is 0. The number of hydrogen-bond acceptors (Lipinski definition) is 2. The van der Waals surface area contributed by atoms with E-state index in [9.17, 15) is 9.90 Å². The first kappa shape index (κ1) is 11.2. The quantitative estimate of drug-likeness (QED) is 0.793. The van der Waals surface area contributed by atoms with Crippen molar-refractivity contribution >= 4 is 5.91 Å². The van der Waals surface area contributed by atoms with E-state index in [4.69, 9.17) is 0 Å². The third-order valence-corrected chi connectivity index (χ3v) is 7.28. The highest BCUT2D eigenvalue weighted by Gasteiger charge is 2.72. The van der Waals surface area contributed by atoms with E-state index in [0.29, 0.717) is 23.8 Å². The SMILES string of the molecule is O=C1c2ccccc2[C@]2(O)C3[C@@H]4C[C@H]5C[C@@H](C4)C([C@@H]3C5)N12. The summed E-state index contributed by atoms with van der Waals surface area (Å²) in [5.41, 5.74) is 0.627. The molecule has 4 aliphatic carbocycles. The van der Waals surface area contributed by atoms with Crippen molar-refractivity contribution in [2.75, 3.05) is 0 Å². The zero-order valence-corrected chi connectivity index (χ0v) is 11.9. The molecule has 1 N–H and O–H groups in total. The van der Waals surface area contributed by atoms with Gasteiger partial charge in [-0.3, -0.25) is 4.79 Å². The van der Waals surface area contributed by atoms with Crippen LogP contribution in [0.25, 0.3) is 0 Å². The van der Waals surface area contributed by atoms with Gasteiger partial charge in [-0.15, -0.1) is 0 Å². The standard InChI is InChI=1S/C18H19NO2/c20-17-12-3-1-2-4-14(12)18(21)15-10-5-9-6-11(8-10)16(19(17)18)13(15)7-9/h1-4,9-11,13,15-16,21H,5-8H2/t9-,10+,11-,13+,15?,16?,18-/m0/s1. The normalized spacial score (nSPS) is 51.5. The zero-order valence-electron chi connectivity index (χ0n) is 11.9. The maximum absolute atomic E-state index is 12.9. The first-order chi connectivity index (χ1) is 10.2. The van der Waals surface area contributed by atoms with Gasteiger partial charge in [0.15, 0.2) is 5.72 Å². The summed E-state index contributed by atoms with van der Waals surface area (Å²) in [6.07, 6.45) is 5.02. The molecule has 6 aliphatic rings. The fourth-order valence-corrected chi connectivity index (χ4v) is 7.02. The topological polar surface area (TPSA) is 40.5 Å². The molecule has 0 aromatic heterocycles. The molecule has 4 saturated carbocycles. The molecule has 2 heterocycles. The van der Waals surface area contributed by atoms with Crippen LogP contribution in [0.3, 0.4) is 0 Å². The Morgan fingerprint density at radius 1 is 1.10 bits per heavy atom. The monoisotopic (exact) mass is 281 g/mol. The van der Waals surface area contributed by atoms with E-state index in [0.717, 1.165) is 17.0 Å². The van der Waals surface area contributed by atoms with Crippen LogP contribution in [0.1, 0.15) is 41.6 Å². The molecule has 7 atom stereocenters. The number of amides is 1. The van der Waals surface area contributed by atoms with Crippen LogP contribution in [0.5, 0.6) is 0 Å². The van der Waals surface area contributed by atoms with E-state index >= 15 is 0 Å². The summed E-state index contributed by atoms with van der Waals surface area (Å²) in [4.78, 5) is 14.9. The van der Waals surface area contributed by atoms with Crippen LogP contribution in [0.15, 0.2) is 24.3 Å². The summed E-state index contributed by atoms with van der Waals surface area (Å²) in [6, 6.07) is 8.05. The van der Waals surface area contributed by atoms with Gasteiger partial charge in [0, 0.05) is 23.1 Å². The summed E-state index contributed by atoms with van der Waals surface area (Å²) in [5.74, 6) is 3.03. The molecule has 1 aromatic rings. The Kier molecular flexibility index (Phi) is 1.71. The average molecular weight is 281 g/mol. The van der Waals surface area contributed by atoms with Crippen LogP contribution in [-0.2, 0) is 5.72 Å². The van der Waals surface area contributed by atoms with Crippen molar-refractivity contribution in [3.63, 3.8) is 0 Å². The Balaban J connectivity index is 1.64. The first-order valence-corrected chi connectivity index (χ1v) is 8.35. The third kappa shape index (κ3) is 1.01. The van der Waals surface area contributed by atoms with Crippen molar-refractivity contribution in [2.24, 2.45) is 29.6 Å². The van der Waals surface area contributed by atoms with Crippen LogP contribution in [0.4, 0.5) is 0 Å². The Hall–Kier alpha value is -1.35. The molecule has 2 unspecified atom stereocenters. The number of fused-ring (bicyclic) bond motifs is 3. The Morgan fingerprint density at radius 2 is 1.90 bits per heavy atom. The van der Waals surface area contributed by atoms with Crippen molar-refractivity contribution in [1.82, 2.24) is 4.90 Å². The highest BCUT2D eigenvalue weighted by Crippen LogP contribution is 2.69. The van der Waals surface area contributed by atoms with Gasteiger partial charge >= 0.3 is 0 Å². The van der Waals surface area contributed by atoms with Gasteiger partial charge in [-0.05, 0) is 55.4 Å². The highest BCUT2D eigenvalue weighted by molar-refractivity contribution is 6.00. The fraction of sp³-hybridized carbons (Fsp3) is 0.611. The maximum Gasteiger partial charge on any atom is 0.257 e. The summed E-state index contributed by atoms with van der Waals surface area (Å²) >= 11 is 0. The van der Waals surface area contributed by atoms with Crippen LogP contribution >= 0.6 is 0 Å².